The van der Waals surface area contributed by atoms with Gasteiger partial charge in [0.25, 0.3) is 0 Å². The van der Waals surface area contributed by atoms with Crippen molar-refractivity contribution in [3.8, 4) is 6.07 Å². The van der Waals surface area contributed by atoms with Gasteiger partial charge in [-0.05, 0) is 24.6 Å². The van der Waals surface area contributed by atoms with Crippen molar-refractivity contribution >= 4 is 10.0 Å². The molecule has 0 bridgehead atoms. The van der Waals surface area contributed by atoms with Crippen LogP contribution in [0.3, 0.4) is 0 Å². The zero-order valence-electron chi connectivity index (χ0n) is 10.9. The Morgan fingerprint density at radius 2 is 1.95 bits per heavy atom. The highest BCUT2D eigenvalue weighted by atomic mass is 32.2. The van der Waals surface area contributed by atoms with E-state index in [0.29, 0.717) is 9.87 Å². The van der Waals surface area contributed by atoms with Crippen LogP contribution < -0.4 is 0 Å². The highest BCUT2D eigenvalue weighted by molar-refractivity contribution is 7.89. The summed E-state index contributed by atoms with van der Waals surface area (Å²) in [4.78, 5) is -0.275. The van der Waals surface area contributed by atoms with Crippen LogP contribution in [0.25, 0.3) is 0 Å². The smallest absolute Gasteiger partial charge is 0.207 e. The van der Waals surface area contributed by atoms with Crippen LogP contribution >= 0.6 is 0 Å². The fourth-order valence-corrected chi connectivity index (χ4v) is 3.34. The highest BCUT2D eigenvalue weighted by Crippen LogP contribution is 2.25. The van der Waals surface area contributed by atoms with Crippen molar-refractivity contribution in [3.05, 3.63) is 29.3 Å². The Balaban J connectivity index is 3.31. The third kappa shape index (κ3) is 3.71. The molecule has 0 aromatic heterocycles. The Morgan fingerprint density at radius 1 is 1.35 bits per heavy atom. The average Bonchev–Trinajstić information content (AvgIpc) is 2.35. The van der Waals surface area contributed by atoms with Gasteiger partial charge < -0.3 is 0 Å². The molecule has 0 aliphatic rings. The van der Waals surface area contributed by atoms with E-state index in [0.717, 1.165) is 6.07 Å². The summed E-state index contributed by atoms with van der Waals surface area (Å²) in [6.07, 6.45) is -4.62. The number of sulfonamides is 1. The third-order valence-corrected chi connectivity index (χ3v) is 4.71. The second-order valence-corrected chi connectivity index (χ2v) is 6.04. The molecule has 1 rings (SSSR count). The van der Waals surface area contributed by atoms with Gasteiger partial charge in [-0.15, -0.1) is 0 Å². The van der Waals surface area contributed by atoms with Crippen molar-refractivity contribution < 1.29 is 21.6 Å². The highest BCUT2D eigenvalue weighted by Gasteiger charge is 2.36. The predicted molar refractivity (Wildman–Crippen MR) is 66.4 cm³/mol. The summed E-state index contributed by atoms with van der Waals surface area (Å²) in [7, 11) is -4.29. The maximum absolute atomic E-state index is 12.4. The topological polar surface area (TPSA) is 61.2 Å². The first-order chi connectivity index (χ1) is 9.11. The standard InChI is InChI=1S/C12H13F3N2O2S/c1-3-17(8-12(13,14)15)20(18,19)11-6-10(7-16)5-4-9(11)2/h4-6H,3,8H2,1-2H3. The largest absolute Gasteiger partial charge is 0.402 e. The number of aryl methyl sites for hydroxylation is 1. The third-order valence-electron chi connectivity index (χ3n) is 2.64. The van der Waals surface area contributed by atoms with Crippen LogP contribution in [-0.4, -0.2) is 32.0 Å². The van der Waals surface area contributed by atoms with E-state index in [1.54, 1.807) is 6.07 Å². The van der Waals surface area contributed by atoms with Crippen LogP contribution in [0.5, 0.6) is 0 Å². The first kappa shape index (κ1) is 16.5. The molecule has 4 nitrogen and oxygen atoms in total. The Hall–Kier alpha value is -1.59. The van der Waals surface area contributed by atoms with E-state index >= 15 is 0 Å². The number of rotatable bonds is 4. The Kier molecular flexibility index (Phi) is 4.78. The molecule has 0 aliphatic heterocycles. The Labute approximate surface area is 115 Å². The van der Waals surface area contributed by atoms with Gasteiger partial charge >= 0.3 is 6.18 Å². The monoisotopic (exact) mass is 306 g/mol. The molecular weight excluding hydrogens is 293 g/mol. The molecule has 0 heterocycles. The number of nitriles is 1. The van der Waals surface area contributed by atoms with Gasteiger partial charge in [0, 0.05) is 6.54 Å². The van der Waals surface area contributed by atoms with Crippen LogP contribution in [0.2, 0.25) is 0 Å². The zero-order chi connectivity index (χ0) is 15.6. The van der Waals surface area contributed by atoms with Crippen molar-refractivity contribution in [1.82, 2.24) is 4.31 Å². The second kappa shape index (κ2) is 5.81. The van der Waals surface area contributed by atoms with E-state index in [1.165, 1.54) is 26.0 Å². The van der Waals surface area contributed by atoms with Gasteiger partial charge in [-0.25, -0.2) is 8.42 Å². The molecule has 0 atom stereocenters. The lowest BCUT2D eigenvalue weighted by Crippen LogP contribution is -2.39. The molecule has 110 valence electrons. The summed E-state index contributed by atoms with van der Waals surface area (Å²) < 4.78 is 62.1. The molecule has 0 saturated heterocycles. The minimum absolute atomic E-state index is 0.0808. The maximum Gasteiger partial charge on any atom is 0.402 e. The number of benzene rings is 1. The quantitative estimate of drug-likeness (QED) is 0.858. The molecule has 0 fully saturated rings. The van der Waals surface area contributed by atoms with Gasteiger partial charge in [0.1, 0.15) is 6.54 Å². The van der Waals surface area contributed by atoms with Crippen LogP contribution in [-0.2, 0) is 10.0 Å². The first-order valence-corrected chi connectivity index (χ1v) is 7.13. The molecular formula is C12H13F3N2O2S. The molecule has 0 radical (unpaired) electrons. The summed E-state index contributed by atoms with van der Waals surface area (Å²) in [5.41, 5.74) is 0.377. The van der Waals surface area contributed by atoms with Gasteiger partial charge in [0.15, 0.2) is 0 Å². The number of hydrogen-bond donors (Lipinski definition) is 0. The SMILES string of the molecule is CCN(CC(F)(F)F)S(=O)(=O)c1cc(C#N)ccc1C. The molecule has 0 saturated carbocycles. The summed E-state index contributed by atoms with van der Waals surface area (Å²) in [6, 6.07) is 5.66. The Morgan fingerprint density at radius 3 is 2.40 bits per heavy atom. The lowest BCUT2D eigenvalue weighted by molar-refractivity contribution is -0.135. The molecule has 0 amide bonds. The van der Waals surface area contributed by atoms with E-state index in [1.807, 2.05) is 0 Å². The normalized spacial score (nSPS) is 12.4. The van der Waals surface area contributed by atoms with Crippen molar-refractivity contribution in [1.29, 1.82) is 5.26 Å². The summed E-state index contributed by atoms with van der Waals surface area (Å²) in [6.45, 7) is 0.933. The van der Waals surface area contributed by atoms with Gasteiger partial charge in [-0.1, -0.05) is 13.0 Å². The zero-order valence-corrected chi connectivity index (χ0v) is 11.7. The number of alkyl halides is 3. The maximum atomic E-state index is 12.4. The van der Waals surface area contributed by atoms with E-state index < -0.39 is 22.7 Å². The molecule has 0 aliphatic carbocycles. The first-order valence-electron chi connectivity index (χ1n) is 5.69. The van der Waals surface area contributed by atoms with E-state index in [-0.39, 0.29) is 17.0 Å². The fourth-order valence-electron chi connectivity index (χ4n) is 1.65. The van der Waals surface area contributed by atoms with Crippen LogP contribution in [0.1, 0.15) is 18.1 Å². The van der Waals surface area contributed by atoms with Gasteiger partial charge in [0.05, 0.1) is 16.5 Å². The van der Waals surface area contributed by atoms with E-state index in [2.05, 4.69) is 0 Å². The van der Waals surface area contributed by atoms with Gasteiger partial charge in [-0.2, -0.15) is 22.7 Å². The van der Waals surface area contributed by atoms with E-state index in [9.17, 15) is 21.6 Å². The average molecular weight is 306 g/mol. The van der Waals surface area contributed by atoms with Gasteiger partial charge in [0.2, 0.25) is 10.0 Å². The molecule has 0 unspecified atom stereocenters. The molecule has 1 aromatic rings. The van der Waals surface area contributed by atoms with Crippen molar-refractivity contribution in [3.63, 3.8) is 0 Å². The summed E-state index contributed by atoms with van der Waals surface area (Å²) >= 11 is 0. The fraction of sp³-hybridized carbons (Fsp3) is 0.417. The number of nitrogens with zero attached hydrogens (tertiary/aromatic N) is 2. The molecule has 1 aromatic carbocycles. The molecule has 20 heavy (non-hydrogen) atoms. The predicted octanol–water partition coefficient (Wildman–Crippen LogP) is 2.44. The summed E-state index contributed by atoms with van der Waals surface area (Å²) in [5, 5.41) is 8.76. The van der Waals surface area contributed by atoms with Gasteiger partial charge in [-0.3, -0.25) is 0 Å². The van der Waals surface area contributed by atoms with Crippen LogP contribution in [0, 0.1) is 18.3 Å². The van der Waals surface area contributed by atoms with Crippen molar-refractivity contribution in [2.45, 2.75) is 24.9 Å². The number of halogens is 3. The lowest BCUT2D eigenvalue weighted by atomic mass is 10.2. The minimum atomic E-state index is -4.62. The van der Waals surface area contributed by atoms with E-state index in [4.69, 9.17) is 5.26 Å². The molecule has 0 N–H and O–H groups in total. The second-order valence-electron chi connectivity index (χ2n) is 4.14. The summed E-state index contributed by atoms with van der Waals surface area (Å²) in [5.74, 6) is 0. The lowest BCUT2D eigenvalue weighted by Gasteiger charge is -2.22. The number of hydrogen-bond acceptors (Lipinski definition) is 3. The van der Waals surface area contributed by atoms with Crippen LogP contribution in [0.4, 0.5) is 13.2 Å². The minimum Gasteiger partial charge on any atom is -0.207 e. The van der Waals surface area contributed by atoms with Crippen LogP contribution in [0.15, 0.2) is 23.1 Å². The molecule has 0 spiro atoms. The van der Waals surface area contributed by atoms with Crippen molar-refractivity contribution in [2.75, 3.05) is 13.1 Å². The molecule has 8 heteroatoms. The van der Waals surface area contributed by atoms with Crippen molar-refractivity contribution in [2.24, 2.45) is 0 Å². The Bertz CT molecular complexity index is 633.